The minimum absolute atomic E-state index is 0. The van der Waals surface area contributed by atoms with Gasteiger partial charge in [-0.25, -0.2) is 0 Å². The Bertz CT molecular complexity index is 222. The van der Waals surface area contributed by atoms with Crippen molar-refractivity contribution in [3.05, 3.63) is 0 Å². The van der Waals surface area contributed by atoms with E-state index < -0.39 is 20.8 Å². The second-order valence-electron chi connectivity index (χ2n) is 0.896. The smallest absolute Gasteiger partial charge is 1.00 e. The quantitative estimate of drug-likeness (QED) is 0.313. The molecule has 0 saturated heterocycles. The van der Waals surface area contributed by atoms with Crippen LogP contribution < -0.4 is 0 Å². The Morgan fingerprint density at radius 3 is 0.750 bits per heavy atom. The molecule has 0 saturated carbocycles. The maximum absolute atomic E-state index is 8.74. The Balaban J connectivity index is -0.0000000178. The van der Waals surface area contributed by atoms with Crippen molar-refractivity contribution in [3.63, 3.8) is 0 Å². The molecule has 0 bridgehead atoms. The molecule has 12 heavy (non-hydrogen) atoms. The van der Waals surface area contributed by atoms with Gasteiger partial charge in [0.1, 0.15) is 0 Å². The molecule has 0 rings (SSSR count). The number of hydrogen-bond acceptors (Lipinski definition) is 4. The van der Waals surface area contributed by atoms with Crippen LogP contribution in [-0.2, 0) is 37.9 Å². The average Bonchev–Trinajstić information content (AvgIpc) is 1.12. The predicted octanol–water partition coefficient (Wildman–Crippen LogP) is -1.46. The first-order chi connectivity index (χ1) is 4.00. The average molecular weight is 302 g/mol. The normalized spacial score (nSPS) is 9.67. The van der Waals surface area contributed by atoms with Crippen molar-refractivity contribution >= 4 is 58.5 Å². The summed E-state index contributed by atoms with van der Waals surface area (Å²) < 4.78 is 63.2. The number of rotatable bonds is 0. The standard InChI is InChI=1S/Ca.Cu.2H2O4S.2H/c;;2*1-5(2,3)4;;/h;;2*(H2,1,2,3,4);;/q+2;;;;2*-1. The first-order valence-electron chi connectivity index (χ1n) is 1.40. The summed E-state index contributed by atoms with van der Waals surface area (Å²) in [5, 5.41) is 0. The van der Waals surface area contributed by atoms with Gasteiger partial charge in [-0.1, -0.05) is 0 Å². The molecule has 12 heteroatoms. The molecule has 0 amide bonds. The summed E-state index contributed by atoms with van der Waals surface area (Å²) in [5.74, 6) is 0. The first-order valence-corrected chi connectivity index (χ1v) is 4.19. The molecule has 0 atom stereocenters. The Morgan fingerprint density at radius 2 is 0.750 bits per heavy atom. The molecule has 0 aromatic rings. The van der Waals surface area contributed by atoms with Crippen molar-refractivity contribution in [1.29, 1.82) is 0 Å². The second-order valence-corrected chi connectivity index (χ2v) is 2.69. The fourth-order valence-corrected chi connectivity index (χ4v) is 0. The third kappa shape index (κ3) is 552. The molecule has 0 fully saturated rings. The minimum Gasteiger partial charge on any atom is -1.00 e. The van der Waals surface area contributed by atoms with Crippen LogP contribution in [0, 0.1) is 0 Å². The molecule has 0 aliphatic carbocycles. The van der Waals surface area contributed by atoms with Gasteiger partial charge in [0.15, 0.2) is 0 Å². The molecule has 4 N–H and O–H groups in total. The van der Waals surface area contributed by atoms with Crippen molar-refractivity contribution < 1.29 is 55.0 Å². The van der Waals surface area contributed by atoms with E-state index in [1.54, 1.807) is 0 Å². The van der Waals surface area contributed by atoms with Gasteiger partial charge in [-0.05, 0) is 0 Å². The third-order valence-corrected chi connectivity index (χ3v) is 0. The van der Waals surface area contributed by atoms with E-state index in [0.717, 1.165) is 0 Å². The maximum Gasteiger partial charge on any atom is 2.00 e. The van der Waals surface area contributed by atoms with E-state index in [0.29, 0.717) is 0 Å². The van der Waals surface area contributed by atoms with Gasteiger partial charge in [0.25, 0.3) is 0 Å². The van der Waals surface area contributed by atoms with Crippen molar-refractivity contribution in [2.24, 2.45) is 0 Å². The molecule has 0 aliphatic heterocycles. The third-order valence-electron chi connectivity index (χ3n) is 0. The largest absolute Gasteiger partial charge is 2.00 e. The van der Waals surface area contributed by atoms with Crippen LogP contribution in [0.5, 0.6) is 0 Å². The van der Waals surface area contributed by atoms with E-state index in [4.69, 9.17) is 35.0 Å². The Hall–Kier alpha value is 1.52. The van der Waals surface area contributed by atoms with Crippen LogP contribution in [0.25, 0.3) is 0 Å². The van der Waals surface area contributed by atoms with Crippen LogP contribution in [0.2, 0.25) is 0 Å². The van der Waals surface area contributed by atoms with E-state index in [9.17, 15) is 0 Å². The van der Waals surface area contributed by atoms with Gasteiger partial charge in [0, 0.05) is 17.1 Å². The fourth-order valence-electron chi connectivity index (χ4n) is 0. The summed E-state index contributed by atoms with van der Waals surface area (Å²) in [4.78, 5) is 0. The van der Waals surface area contributed by atoms with Crippen molar-refractivity contribution in [2.45, 2.75) is 0 Å². The van der Waals surface area contributed by atoms with E-state index >= 15 is 0 Å². The summed E-state index contributed by atoms with van der Waals surface area (Å²) in [6.45, 7) is 0. The monoisotopic (exact) mass is 301 g/mol. The van der Waals surface area contributed by atoms with E-state index in [2.05, 4.69) is 0 Å². The zero-order chi connectivity index (χ0) is 9.00. The molecule has 1 radical (unpaired) electrons. The summed E-state index contributed by atoms with van der Waals surface area (Å²) in [6.07, 6.45) is 0. The summed E-state index contributed by atoms with van der Waals surface area (Å²) in [5.41, 5.74) is 0. The Kier molecular flexibility index (Phi) is 17.7. The SMILES string of the molecule is O=S(=O)(O)O.O=S(=O)(O)O.[Ca+2].[Cu].[H-].[H-]. The van der Waals surface area contributed by atoms with Crippen LogP contribution in [-0.4, -0.2) is 72.8 Å². The van der Waals surface area contributed by atoms with Crippen molar-refractivity contribution in [1.82, 2.24) is 0 Å². The van der Waals surface area contributed by atoms with Gasteiger partial charge < -0.3 is 2.85 Å². The Morgan fingerprint density at radius 1 is 0.750 bits per heavy atom. The molecule has 0 spiro atoms. The van der Waals surface area contributed by atoms with Gasteiger partial charge in [0.05, 0.1) is 0 Å². The van der Waals surface area contributed by atoms with E-state index in [1.807, 2.05) is 0 Å². The second kappa shape index (κ2) is 9.09. The van der Waals surface area contributed by atoms with Crippen LogP contribution in [0.1, 0.15) is 2.85 Å². The van der Waals surface area contributed by atoms with Crippen LogP contribution >= 0.6 is 0 Å². The van der Waals surface area contributed by atoms with Crippen LogP contribution in [0.15, 0.2) is 0 Å². The summed E-state index contributed by atoms with van der Waals surface area (Å²) in [6, 6.07) is 0. The van der Waals surface area contributed by atoms with Crippen molar-refractivity contribution in [3.8, 4) is 0 Å². The summed E-state index contributed by atoms with van der Waals surface area (Å²) in [7, 11) is -9.33. The maximum atomic E-state index is 8.74. The molecule has 0 aliphatic rings. The summed E-state index contributed by atoms with van der Waals surface area (Å²) >= 11 is 0. The van der Waals surface area contributed by atoms with Crippen molar-refractivity contribution in [2.75, 3.05) is 0 Å². The van der Waals surface area contributed by atoms with Gasteiger partial charge in [-0.15, -0.1) is 0 Å². The molecular formula is H6CaCuO8S2. The zero-order valence-corrected chi connectivity index (χ0v) is 10.0. The molecule has 79 valence electrons. The molecule has 0 unspecified atom stereocenters. The van der Waals surface area contributed by atoms with E-state index in [-0.39, 0.29) is 57.7 Å². The van der Waals surface area contributed by atoms with Crippen LogP contribution in [0.3, 0.4) is 0 Å². The molecule has 0 heterocycles. The van der Waals surface area contributed by atoms with Crippen LogP contribution in [0.4, 0.5) is 0 Å². The van der Waals surface area contributed by atoms with Gasteiger partial charge in [-0.2, -0.15) is 16.8 Å². The number of hydrogen-bond donors (Lipinski definition) is 4. The fraction of sp³-hybridized carbons (Fsp3) is 0. The molecule has 0 aromatic heterocycles. The van der Waals surface area contributed by atoms with Gasteiger partial charge in [-0.3, -0.25) is 18.2 Å². The van der Waals surface area contributed by atoms with Gasteiger partial charge in [0.2, 0.25) is 0 Å². The Labute approximate surface area is 112 Å². The van der Waals surface area contributed by atoms with Gasteiger partial charge >= 0.3 is 58.5 Å². The zero-order valence-electron chi connectivity index (χ0n) is 7.25. The molecule has 8 nitrogen and oxygen atoms in total. The first kappa shape index (κ1) is 23.4. The molecule has 0 aromatic carbocycles. The minimum atomic E-state index is -4.67. The molecular weight excluding hydrogens is 296 g/mol. The van der Waals surface area contributed by atoms with E-state index in [1.165, 1.54) is 0 Å². The topological polar surface area (TPSA) is 149 Å². The predicted molar refractivity (Wildman–Crippen MR) is 36.3 cm³/mol.